The van der Waals surface area contributed by atoms with Gasteiger partial charge in [-0.05, 0) is 12.5 Å². The lowest BCUT2D eigenvalue weighted by Crippen LogP contribution is -2.30. The number of nitro groups is 1. The third-order valence-electron chi connectivity index (χ3n) is 4.02. The van der Waals surface area contributed by atoms with Crippen LogP contribution in [0.5, 0.6) is 0 Å². The predicted molar refractivity (Wildman–Crippen MR) is 96.4 cm³/mol. The number of anilines is 2. The lowest BCUT2D eigenvalue weighted by molar-refractivity contribution is -0.384. The molecule has 1 aliphatic rings. The molecule has 1 aromatic carbocycles. The molecule has 0 bridgehead atoms. The molecule has 0 radical (unpaired) electrons. The molecular weight excluding hydrogens is 350 g/mol. The highest BCUT2D eigenvalue weighted by Crippen LogP contribution is 2.31. The summed E-state index contributed by atoms with van der Waals surface area (Å²) in [6.07, 6.45) is 1.81. The Hall–Kier alpha value is -1.93. The van der Waals surface area contributed by atoms with Crippen molar-refractivity contribution < 1.29 is 4.92 Å². The predicted octanol–water partition coefficient (Wildman–Crippen LogP) is 3.38. The van der Waals surface area contributed by atoms with Gasteiger partial charge < -0.3 is 9.80 Å². The van der Waals surface area contributed by atoms with E-state index in [1.807, 2.05) is 6.92 Å². The summed E-state index contributed by atoms with van der Waals surface area (Å²) in [5, 5.41) is 12.2. The normalized spacial score (nSPS) is 15.4. The van der Waals surface area contributed by atoms with Crippen molar-refractivity contribution in [2.24, 2.45) is 0 Å². The fourth-order valence-corrected chi connectivity index (χ4v) is 3.83. The maximum atomic E-state index is 10.8. The first-order valence-electron chi connectivity index (χ1n) is 7.85. The maximum absolute atomic E-state index is 10.8. The monoisotopic (exact) mass is 367 g/mol. The Kier molecular flexibility index (Phi) is 5.15. The van der Waals surface area contributed by atoms with Crippen molar-refractivity contribution in [2.45, 2.75) is 19.8 Å². The number of nitrogens with zero attached hydrogens (tertiary/aromatic N) is 5. The first-order chi connectivity index (χ1) is 11.6. The minimum Gasteiger partial charge on any atom is -0.368 e. The second kappa shape index (κ2) is 7.31. The molecule has 1 aliphatic heterocycles. The van der Waals surface area contributed by atoms with E-state index < -0.39 is 4.92 Å². The van der Waals surface area contributed by atoms with E-state index in [0.717, 1.165) is 55.7 Å². The molecule has 0 atom stereocenters. The quantitative estimate of drug-likeness (QED) is 0.609. The van der Waals surface area contributed by atoms with Crippen LogP contribution in [-0.4, -0.2) is 40.5 Å². The Labute approximate surface area is 149 Å². The molecule has 9 heteroatoms. The van der Waals surface area contributed by atoms with Gasteiger partial charge >= 0.3 is 0 Å². The van der Waals surface area contributed by atoms with E-state index in [1.165, 1.54) is 23.7 Å². The molecule has 128 valence electrons. The summed E-state index contributed by atoms with van der Waals surface area (Å²) in [5.74, 6) is 0.884. The second-order valence-electron chi connectivity index (χ2n) is 5.57. The Morgan fingerprint density at radius 1 is 1.29 bits per heavy atom. The van der Waals surface area contributed by atoms with Crippen molar-refractivity contribution >= 4 is 39.6 Å². The third-order valence-corrected chi connectivity index (χ3v) is 5.14. The molecule has 0 N–H and O–H groups in total. The first kappa shape index (κ1) is 16.9. The number of hydrogen-bond donors (Lipinski definition) is 0. The lowest BCUT2D eigenvalue weighted by Gasteiger charge is -2.24. The van der Waals surface area contributed by atoms with Gasteiger partial charge in [0.1, 0.15) is 5.82 Å². The second-order valence-corrected chi connectivity index (χ2v) is 6.70. The highest BCUT2D eigenvalue weighted by atomic mass is 35.5. The van der Waals surface area contributed by atoms with Crippen LogP contribution in [0, 0.1) is 10.1 Å². The van der Waals surface area contributed by atoms with E-state index in [-0.39, 0.29) is 5.69 Å². The molecule has 1 aromatic heterocycles. The molecule has 24 heavy (non-hydrogen) atoms. The van der Waals surface area contributed by atoms with Crippen LogP contribution < -0.4 is 9.80 Å². The Morgan fingerprint density at radius 3 is 2.71 bits per heavy atom. The van der Waals surface area contributed by atoms with Crippen LogP contribution in [0.25, 0.3) is 0 Å². The average Bonchev–Trinajstić information content (AvgIpc) is 2.92. The summed E-state index contributed by atoms with van der Waals surface area (Å²) in [6.45, 7) is 5.43. The number of halogens is 1. The molecule has 0 amide bonds. The average molecular weight is 368 g/mol. The minimum atomic E-state index is -0.430. The topological polar surface area (TPSA) is 75.4 Å². The van der Waals surface area contributed by atoms with Crippen LogP contribution in [0.1, 0.15) is 19.2 Å². The molecule has 0 spiro atoms. The minimum absolute atomic E-state index is 0.0150. The number of non-ortho nitro benzene ring substituents is 1. The van der Waals surface area contributed by atoms with Gasteiger partial charge in [0.15, 0.2) is 0 Å². The number of nitro benzene ring substituents is 1. The van der Waals surface area contributed by atoms with Crippen LogP contribution in [0.4, 0.5) is 16.5 Å². The van der Waals surface area contributed by atoms with E-state index in [9.17, 15) is 10.1 Å². The van der Waals surface area contributed by atoms with E-state index in [1.54, 1.807) is 6.07 Å². The Balaban J connectivity index is 1.72. The van der Waals surface area contributed by atoms with Crippen LogP contribution in [0.2, 0.25) is 5.02 Å². The van der Waals surface area contributed by atoms with Gasteiger partial charge in [-0.25, -0.2) is 4.98 Å². The number of rotatable bonds is 4. The molecule has 2 aromatic rings. The summed E-state index contributed by atoms with van der Waals surface area (Å²) < 4.78 is 4.35. The van der Waals surface area contributed by atoms with Gasteiger partial charge in [0, 0.05) is 56.3 Å². The highest BCUT2D eigenvalue weighted by molar-refractivity contribution is 7.09. The van der Waals surface area contributed by atoms with Crippen LogP contribution in [0.15, 0.2) is 18.2 Å². The fourth-order valence-electron chi connectivity index (χ4n) is 2.73. The number of aromatic nitrogens is 2. The zero-order valence-electron chi connectivity index (χ0n) is 13.3. The smallest absolute Gasteiger partial charge is 0.271 e. The molecular formula is C15H18ClN5O2S. The van der Waals surface area contributed by atoms with Crippen molar-refractivity contribution in [1.82, 2.24) is 9.36 Å². The first-order valence-corrected chi connectivity index (χ1v) is 9.00. The largest absolute Gasteiger partial charge is 0.368 e. The fraction of sp³-hybridized carbons (Fsp3) is 0.467. The highest BCUT2D eigenvalue weighted by Gasteiger charge is 2.20. The molecule has 1 saturated heterocycles. The molecule has 3 rings (SSSR count). The molecule has 0 aliphatic carbocycles. The number of aryl methyl sites for hydroxylation is 1. The standard InChI is InChI=1S/C15H18ClN5O2S/c1-2-14-17-15(24-18-14)20-7-3-6-19(8-9-20)13-5-4-11(21(22)23)10-12(13)16/h4-5,10H,2-3,6-9H2,1H3. The lowest BCUT2D eigenvalue weighted by atomic mass is 10.2. The zero-order chi connectivity index (χ0) is 17.1. The Morgan fingerprint density at radius 2 is 2.04 bits per heavy atom. The van der Waals surface area contributed by atoms with E-state index in [2.05, 4.69) is 19.2 Å². The van der Waals surface area contributed by atoms with Crippen LogP contribution in [-0.2, 0) is 6.42 Å². The van der Waals surface area contributed by atoms with Crippen molar-refractivity contribution in [3.8, 4) is 0 Å². The maximum Gasteiger partial charge on any atom is 0.271 e. The van der Waals surface area contributed by atoms with Gasteiger partial charge in [0.2, 0.25) is 5.13 Å². The summed E-state index contributed by atoms with van der Waals surface area (Å²) in [4.78, 5) is 19.4. The van der Waals surface area contributed by atoms with Crippen LogP contribution in [0.3, 0.4) is 0 Å². The number of benzene rings is 1. The van der Waals surface area contributed by atoms with E-state index in [4.69, 9.17) is 11.6 Å². The van der Waals surface area contributed by atoms with E-state index in [0.29, 0.717) is 5.02 Å². The SMILES string of the molecule is CCc1nsc(N2CCCN(c3ccc([N+](=O)[O-])cc3Cl)CC2)n1. The van der Waals surface area contributed by atoms with Crippen molar-refractivity contribution in [2.75, 3.05) is 36.0 Å². The van der Waals surface area contributed by atoms with E-state index >= 15 is 0 Å². The van der Waals surface area contributed by atoms with Crippen molar-refractivity contribution in [1.29, 1.82) is 0 Å². The summed E-state index contributed by atoms with van der Waals surface area (Å²) in [6, 6.07) is 4.65. The molecule has 2 heterocycles. The summed E-state index contributed by atoms with van der Waals surface area (Å²) >= 11 is 7.70. The molecule has 0 unspecified atom stereocenters. The van der Waals surface area contributed by atoms with Gasteiger partial charge in [0.25, 0.3) is 5.69 Å². The van der Waals surface area contributed by atoms with Gasteiger partial charge in [-0.2, -0.15) is 4.37 Å². The van der Waals surface area contributed by atoms with Crippen molar-refractivity contribution in [3.63, 3.8) is 0 Å². The Bertz CT molecular complexity index is 738. The van der Waals surface area contributed by atoms with Gasteiger partial charge in [-0.3, -0.25) is 10.1 Å². The van der Waals surface area contributed by atoms with Gasteiger partial charge in [-0.1, -0.05) is 18.5 Å². The van der Waals surface area contributed by atoms with Gasteiger partial charge in [0.05, 0.1) is 15.6 Å². The molecule has 1 fully saturated rings. The third kappa shape index (κ3) is 3.59. The van der Waals surface area contributed by atoms with Crippen LogP contribution >= 0.6 is 23.1 Å². The molecule has 7 nitrogen and oxygen atoms in total. The van der Waals surface area contributed by atoms with Gasteiger partial charge in [-0.15, -0.1) is 0 Å². The molecule has 0 saturated carbocycles. The van der Waals surface area contributed by atoms with Crippen molar-refractivity contribution in [3.05, 3.63) is 39.2 Å². The summed E-state index contributed by atoms with van der Waals surface area (Å²) in [5.41, 5.74) is 0.858. The summed E-state index contributed by atoms with van der Waals surface area (Å²) in [7, 11) is 0. The zero-order valence-corrected chi connectivity index (χ0v) is 14.9. The number of hydrogen-bond acceptors (Lipinski definition) is 7.